The number of rotatable bonds is 7. The van der Waals surface area contributed by atoms with Crippen LogP contribution in [0.1, 0.15) is 42.3 Å². The van der Waals surface area contributed by atoms with Gasteiger partial charge >= 0.3 is 0 Å². The van der Waals surface area contributed by atoms with Crippen LogP contribution in [0.4, 0.5) is 32.1 Å². The number of nitrogens with zero attached hydrogens (tertiary/aromatic N) is 6. The van der Waals surface area contributed by atoms with Gasteiger partial charge in [0.2, 0.25) is 5.95 Å². The highest BCUT2D eigenvalue weighted by Crippen LogP contribution is 2.48. The lowest BCUT2D eigenvalue weighted by Crippen LogP contribution is -2.18. The summed E-state index contributed by atoms with van der Waals surface area (Å²) in [5.41, 5.74) is 2.88. The Morgan fingerprint density at radius 1 is 1.13 bits per heavy atom. The maximum Gasteiger partial charge on any atom is 0.232 e. The number of hydrogen-bond donors (Lipinski definition) is 2. The molecule has 1 aliphatic heterocycles. The SMILES string of the molecule is Cc1cc(Nc2nc(N(C)c3cc(F)c(S(C)(=O)=O)cc3F)nc(-c3cn4c(n3)CCC4)c2C2CC2)n[nH]1. The molecule has 2 N–H and O–H groups in total. The number of anilines is 4. The number of benzene rings is 1. The van der Waals surface area contributed by atoms with Gasteiger partial charge in [0.1, 0.15) is 39.6 Å². The number of sulfone groups is 1. The summed E-state index contributed by atoms with van der Waals surface area (Å²) >= 11 is 0. The van der Waals surface area contributed by atoms with Gasteiger partial charge in [0, 0.05) is 55.9 Å². The third kappa shape index (κ3) is 4.40. The average Bonchev–Trinajstić information content (AvgIpc) is 3.24. The number of hydrogen-bond acceptors (Lipinski definition) is 8. The summed E-state index contributed by atoms with van der Waals surface area (Å²) in [5.74, 6) is 0.407. The average molecular weight is 541 g/mol. The molecule has 4 aromatic rings. The summed E-state index contributed by atoms with van der Waals surface area (Å²) in [4.78, 5) is 14.9. The van der Waals surface area contributed by atoms with Crippen molar-refractivity contribution in [3.8, 4) is 11.4 Å². The fraction of sp³-hybridized carbons (Fsp3) is 0.360. The smallest absolute Gasteiger partial charge is 0.232 e. The van der Waals surface area contributed by atoms with Crippen LogP contribution < -0.4 is 10.2 Å². The number of halogens is 2. The van der Waals surface area contributed by atoms with Crippen molar-refractivity contribution in [2.24, 2.45) is 0 Å². The van der Waals surface area contributed by atoms with E-state index in [9.17, 15) is 12.8 Å². The molecular formula is C25H26F2N8O2S. The third-order valence-electron chi connectivity index (χ3n) is 6.84. The van der Waals surface area contributed by atoms with Crippen molar-refractivity contribution in [1.29, 1.82) is 0 Å². The Kier molecular flexibility index (Phi) is 5.70. The number of aryl methyl sites for hydroxylation is 3. The molecule has 3 aromatic heterocycles. The summed E-state index contributed by atoms with van der Waals surface area (Å²) < 4.78 is 55.7. The van der Waals surface area contributed by atoms with E-state index >= 15 is 4.39 Å². The lowest BCUT2D eigenvalue weighted by atomic mass is 10.1. The van der Waals surface area contributed by atoms with Gasteiger partial charge in [0.25, 0.3) is 0 Å². The van der Waals surface area contributed by atoms with Gasteiger partial charge in [-0.3, -0.25) is 5.10 Å². The first-order valence-corrected chi connectivity index (χ1v) is 14.2. The first-order valence-electron chi connectivity index (χ1n) is 12.3. The second-order valence-corrected chi connectivity index (χ2v) is 11.9. The topological polar surface area (TPSA) is 122 Å². The monoisotopic (exact) mass is 540 g/mol. The van der Waals surface area contributed by atoms with Crippen molar-refractivity contribution in [2.75, 3.05) is 23.5 Å². The van der Waals surface area contributed by atoms with Gasteiger partial charge in [-0.15, -0.1) is 0 Å². The quantitative estimate of drug-likeness (QED) is 0.354. The van der Waals surface area contributed by atoms with E-state index in [-0.39, 0.29) is 17.6 Å². The van der Waals surface area contributed by atoms with Crippen LogP contribution in [0.25, 0.3) is 11.4 Å². The molecule has 4 heterocycles. The van der Waals surface area contributed by atoms with Crippen LogP contribution in [0.15, 0.2) is 29.3 Å². The van der Waals surface area contributed by atoms with Crippen LogP contribution in [0.3, 0.4) is 0 Å². The normalized spacial score (nSPS) is 15.1. The number of nitrogens with one attached hydrogen (secondary N) is 2. The minimum atomic E-state index is -3.95. The molecule has 1 saturated carbocycles. The van der Waals surface area contributed by atoms with Crippen LogP contribution in [0.5, 0.6) is 0 Å². The highest BCUT2D eigenvalue weighted by molar-refractivity contribution is 7.90. The first kappa shape index (κ1) is 24.5. The van der Waals surface area contributed by atoms with E-state index in [1.807, 2.05) is 19.2 Å². The summed E-state index contributed by atoms with van der Waals surface area (Å²) in [6, 6.07) is 3.37. The van der Waals surface area contributed by atoms with E-state index in [0.29, 0.717) is 29.1 Å². The van der Waals surface area contributed by atoms with Crippen molar-refractivity contribution < 1.29 is 17.2 Å². The molecule has 38 heavy (non-hydrogen) atoms. The Morgan fingerprint density at radius 2 is 1.92 bits per heavy atom. The summed E-state index contributed by atoms with van der Waals surface area (Å²) in [5, 5.41) is 10.4. The van der Waals surface area contributed by atoms with Crippen molar-refractivity contribution in [2.45, 2.75) is 50.0 Å². The number of aromatic amines is 1. The predicted octanol–water partition coefficient (Wildman–Crippen LogP) is 4.39. The molecule has 0 amide bonds. The summed E-state index contributed by atoms with van der Waals surface area (Å²) in [7, 11) is -2.44. The molecule has 198 valence electrons. The molecule has 2 aliphatic rings. The lowest BCUT2D eigenvalue weighted by Gasteiger charge is -2.22. The molecule has 0 bridgehead atoms. The highest BCUT2D eigenvalue weighted by atomic mass is 32.2. The molecule has 10 nitrogen and oxygen atoms in total. The van der Waals surface area contributed by atoms with Gasteiger partial charge in [-0.1, -0.05) is 0 Å². The number of imidazole rings is 1. The van der Waals surface area contributed by atoms with Crippen LogP contribution in [0, 0.1) is 18.6 Å². The van der Waals surface area contributed by atoms with Crippen LogP contribution in [-0.2, 0) is 22.8 Å². The molecule has 0 spiro atoms. The Labute approximate surface area is 218 Å². The van der Waals surface area contributed by atoms with Gasteiger partial charge in [0.15, 0.2) is 15.7 Å². The maximum atomic E-state index is 15.1. The molecule has 6 rings (SSSR count). The van der Waals surface area contributed by atoms with Gasteiger partial charge in [-0.2, -0.15) is 10.1 Å². The molecule has 1 fully saturated rings. The van der Waals surface area contributed by atoms with Gasteiger partial charge in [-0.25, -0.2) is 27.2 Å². The zero-order valence-electron chi connectivity index (χ0n) is 21.1. The van der Waals surface area contributed by atoms with E-state index in [1.165, 1.54) is 11.9 Å². The zero-order chi connectivity index (χ0) is 26.8. The minimum absolute atomic E-state index is 0.0951. The Morgan fingerprint density at radius 3 is 2.58 bits per heavy atom. The lowest BCUT2D eigenvalue weighted by molar-refractivity contribution is 0.556. The van der Waals surface area contributed by atoms with E-state index in [0.717, 1.165) is 61.6 Å². The first-order chi connectivity index (χ1) is 18.1. The van der Waals surface area contributed by atoms with E-state index in [1.54, 1.807) is 0 Å². The van der Waals surface area contributed by atoms with Crippen molar-refractivity contribution in [1.82, 2.24) is 29.7 Å². The molecule has 0 radical (unpaired) electrons. The second kappa shape index (κ2) is 8.86. The van der Waals surface area contributed by atoms with Crippen molar-refractivity contribution in [3.05, 3.63) is 53.1 Å². The molecule has 1 aromatic carbocycles. The molecule has 0 unspecified atom stereocenters. The molecule has 0 saturated heterocycles. The van der Waals surface area contributed by atoms with E-state index in [2.05, 4.69) is 20.1 Å². The van der Waals surface area contributed by atoms with Crippen molar-refractivity contribution >= 4 is 33.1 Å². The third-order valence-corrected chi connectivity index (χ3v) is 7.95. The number of H-pyrrole nitrogens is 1. The predicted molar refractivity (Wildman–Crippen MR) is 138 cm³/mol. The van der Waals surface area contributed by atoms with Crippen molar-refractivity contribution in [3.63, 3.8) is 0 Å². The Balaban J connectivity index is 1.51. The number of aromatic nitrogens is 6. The Hall–Kier alpha value is -3.87. The summed E-state index contributed by atoms with van der Waals surface area (Å²) in [6.07, 6.45) is 6.67. The van der Waals surface area contributed by atoms with E-state index in [4.69, 9.17) is 15.0 Å². The highest BCUT2D eigenvalue weighted by Gasteiger charge is 2.34. The Bertz CT molecular complexity index is 1660. The fourth-order valence-electron chi connectivity index (χ4n) is 4.80. The van der Waals surface area contributed by atoms with Gasteiger partial charge in [-0.05, 0) is 38.2 Å². The van der Waals surface area contributed by atoms with Gasteiger partial charge < -0.3 is 14.8 Å². The second-order valence-electron chi connectivity index (χ2n) is 9.87. The van der Waals surface area contributed by atoms with Crippen LogP contribution in [-0.4, -0.2) is 51.4 Å². The van der Waals surface area contributed by atoms with Crippen LogP contribution >= 0.6 is 0 Å². The van der Waals surface area contributed by atoms with E-state index < -0.39 is 26.4 Å². The standard InChI is InChI=1S/C25H26F2N8O2S/c1-13-9-20(33-32-13)29-24-22(14-6-7-14)23(17-12-35-8-4-5-21(35)28-17)30-25(31-24)34(2)18-10-16(27)19(11-15(18)26)38(3,36)37/h9-12,14H,4-8H2,1-3H3,(H2,29,30,31,32,33). The fourth-order valence-corrected chi connectivity index (χ4v) is 5.53. The van der Waals surface area contributed by atoms with Gasteiger partial charge in [0.05, 0.1) is 5.69 Å². The maximum absolute atomic E-state index is 15.1. The molecular weight excluding hydrogens is 514 g/mol. The minimum Gasteiger partial charge on any atom is -0.334 e. The molecule has 13 heteroatoms. The molecule has 1 aliphatic carbocycles. The molecule has 0 atom stereocenters. The largest absolute Gasteiger partial charge is 0.334 e. The van der Waals surface area contributed by atoms with Crippen LogP contribution in [0.2, 0.25) is 0 Å². The summed E-state index contributed by atoms with van der Waals surface area (Å²) in [6.45, 7) is 2.77. The number of fused-ring (bicyclic) bond motifs is 1. The zero-order valence-corrected chi connectivity index (χ0v) is 21.9.